The molecule has 2 aromatic rings. The van der Waals surface area contributed by atoms with Crippen molar-refractivity contribution in [3.8, 4) is 5.75 Å². The maximum Gasteiger partial charge on any atom is 0.275 e. The first-order valence-corrected chi connectivity index (χ1v) is 10.1. The predicted octanol–water partition coefficient (Wildman–Crippen LogP) is 2.91. The summed E-state index contributed by atoms with van der Waals surface area (Å²) in [5, 5.41) is 17.2. The maximum atomic E-state index is 12.4. The van der Waals surface area contributed by atoms with Crippen LogP contribution in [0.4, 0.5) is 0 Å². The third kappa shape index (κ3) is 3.81. The highest BCUT2D eigenvalue weighted by Crippen LogP contribution is 2.42. The van der Waals surface area contributed by atoms with E-state index in [9.17, 15) is 14.7 Å². The molecule has 2 aliphatic rings. The van der Waals surface area contributed by atoms with Gasteiger partial charge in [-0.3, -0.25) is 14.3 Å². The molecular weight excluding hydrogens is 354 g/mol. The number of aromatic hydroxyl groups is 1. The number of carbonyl (C=O) groups excluding carboxylic acids is 1. The predicted molar refractivity (Wildman–Crippen MR) is 107 cm³/mol. The lowest BCUT2D eigenvalue weighted by atomic mass is 9.78. The minimum atomic E-state index is -0.708. The normalized spacial score (nSPS) is 18.2. The first kappa shape index (κ1) is 18.7. The third-order valence-corrected chi connectivity index (χ3v) is 6.07. The second-order valence-electron chi connectivity index (χ2n) is 8.40. The molecule has 0 unspecified atom stereocenters. The Hall–Kier alpha value is -2.63. The number of hydrogen-bond donors (Lipinski definition) is 2. The van der Waals surface area contributed by atoms with Gasteiger partial charge in [0.05, 0.1) is 12.7 Å². The Morgan fingerprint density at radius 2 is 2.07 bits per heavy atom. The lowest BCUT2D eigenvalue weighted by Gasteiger charge is -2.30. The Bertz CT molecular complexity index is 940. The minimum absolute atomic E-state index is 0.0950. The molecule has 2 N–H and O–H groups in total. The van der Waals surface area contributed by atoms with Gasteiger partial charge in [0.1, 0.15) is 0 Å². The van der Waals surface area contributed by atoms with E-state index in [1.807, 2.05) is 0 Å². The average molecular weight is 381 g/mol. The zero-order valence-corrected chi connectivity index (χ0v) is 16.3. The van der Waals surface area contributed by atoms with Gasteiger partial charge in [0.15, 0.2) is 11.4 Å². The molecule has 1 heterocycles. The van der Waals surface area contributed by atoms with Gasteiger partial charge in [0, 0.05) is 12.0 Å². The molecule has 0 spiro atoms. The molecule has 2 aliphatic carbocycles. The van der Waals surface area contributed by atoms with Crippen LogP contribution in [0.1, 0.15) is 60.1 Å². The fourth-order valence-corrected chi connectivity index (χ4v) is 4.27. The molecule has 6 heteroatoms. The van der Waals surface area contributed by atoms with E-state index >= 15 is 0 Å². The molecular formula is C22H27N3O3. The maximum absolute atomic E-state index is 12.4. The summed E-state index contributed by atoms with van der Waals surface area (Å²) in [7, 11) is 0. The first-order chi connectivity index (χ1) is 13.5. The van der Waals surface area contributed by atoms with E-state index in [0.29, 0.717) is 19.0 Å². The Labute approximate surface area is 164 Å². The van der Waals surface area contributed by atoms with Crippen molar-refractivity contribution >= 4 is 5.91 Å². The summed E-state index contributed by atoms with van der Waals surface area (Å²) in [5.74, 6) is -0.423. The van der Waals surface area contributed by atoms with Gasteiger partial charge in [0.2, 0.25) is 0 Å². The highest BCUT2D eigenvalue weighted by atomic mass is 16.3. The second kappa shape index (κ2) is 7.41. The molecule has 1 aromatic heterocycles. The van der Waals surface area contributed by atoms with Crippen LogP contribution in [0.3, 0.4) is 0 Å². The van der Waals surface area contributed by atoms with Gasteiger partial charge in [-0.05, 0) is 44.1 Å². The summed E-state index contributed by atoms with van der Waals surface area (Å²) in [4.78, 5) is 24.7. The lowest BCUT2D eigenvalue weighted by Crippen LogP contribution is -2.35. The number of amides is 1. The van der Waals surface area contributed by atoms with Crippen molar-refractivity contribution in [1.82, 2.24) is 15.1 Å². The van der Waals surface area contributed by atoms with Crippen LogP contribution < -0.4 is 10.7 Å². The highest BCUT2D eigenvalue weighted by molar-refractivity contribution is 5.92. The highest BCUT2D eigenvalue weighted by Gasteiger charge is 2.36. The van der Waals surface area contributed by atoms with Crippen LogP contribution in [-0.2, 0) is 12.0 Å². The summed E-state index contributed by atoms with van der Waals surface area (Å²) >= 11 is 0. The molecule has 0 atom stereocenters. The number of benzene rings is 1. The van der Waals surface area contributed by atoms with Gasteiger partial charge in [0.25, 0.3) is 11.3 Å². The summed E-state index contributed by atoms with van der Waals surface area (Å²) in [5.41, 5.74) is 1.44. The smallest absolute Gasteiger partial charge is 0.275 e. The summed E-state index contributed by atoms with van der Waals surface area (Å²) in [6.07, 6.45) is 7.88. The molecule has 1 aromatic carbocycles. The van der Waals surface area contributed by atoms with Crippen LogP contribution >= 0.6 is 0 Å². The van der Waals surface area contributed by atoms with Gasteiger partial charge in [-0.25, -0.2) is 0 Å². The third-order valence-electron chi connectivity index (χ3n) is 6.07. The summed E-state index contributed by atoms with van der Waals surface area (Å²) < 4.78 is 1.58. The van der Waals surface area contributed by atoms with Crippen molar-refractivity contribution < 1.29 is 9.90 Å². The van der Waals surface area contributed by atoms with Crippen LogP contribution in [0.25, 0.3) is 0 Å². The van der Waals surface area contributed by atoms with Crippen molar-refractivity contribution in [3.05, 3.63) is 57.5 Å². The Balaban J connectivity index is 1.64. The van der Waals surface area contributed by atoms with E-state index in [2.05, 4.69) is 41.6 Å². The molecule has 0 saturated heterocycles. The van der Waals surface area contributed by atoms with Gasteiger partial charge in [-0.2, -0.15) is 5.10 Å². The zero-order valence-electron chi connectivity index (χ0n) is 16.3. The summed E-state index contributed by atoms with van der Waals surface area (Å²) in [6, 6.07) is 8.50. The number of nitrogens with one attached hydrogen (secondary N) is 1. The van der Waals surface area contributed by atoms with Crippen molar-refractivity contribution in [2.24, 2.45) is 5.92 Å². The number of aryl methyl sites for hydroxylation is 1. The monoisotopic (exact) mass is 381 g/mol. The Morgan fingerprint density at radius 1 is 1.32 bits per heavy atom. The Kier molecular flexibility index (Phi) is 4.96. The van der Waals surface area contributed by atoms with E-state index < -0.39 is 17.1 Å². The molecule has 1 amide bonds. The van der Waals surface area contributed by atoms with Crippen LogP contribution in [0.15, 0.2) is 35.3 Å². The number of hydrogen-bond acceptors (Lipinski definition) is 4. The van der Waals surface area contributed by atoms with Crippen LogP contribution in [0.2, 0.25) is 0 Å². The minimum Gasteiger partial charge on any atom is -0.503 e. The molecule has 2 saturated carbocycles. The molecule has 6 nitrogen and oxygen atoms in total. The Morgan fingerprint density at radius 3 is 2.75 bits per heavy atom. The van der Waals surface area contributed by atoms with E-state index in [0.717, 1.165) is 38.5 Å². The van der Waals surface area contributed by atoms with E-state index in [1.54, 1.807) is 4.68 Å². The van der Waals surface area contributed by atoms with Crippen molar-refractivity contribution in [3.63, 3.8) is 0 Å². The fourth-order valence-electron chi connectivity index (χ4n) is 4.27. The molecule has 0 radical (unpaired) electrons. The summed E-state index contributed by atoms with van der Waals surface area (Å²) in [6.45, 7) is 3.17. The van der Waals surface area contributed by atoms with Gasteiger partial charge < -0.3 is 10.4 Å². The number of aromatic nitrogens is 2. The molecule has 0 bridgehead atoms. The van der Waals surface area contributed by atoms with Gasteiger partial charge in [-0.1, -0.05) is 42.7 Å². The fraction of sp³-hybridized carbons (Fsp3) is 0.500. The van der Waals surface area contributed by atoms with E-state index in [-0.39, 0.29) is 11.1 Å². The SMILES string of the molecule is Cc1cccc(C2(Cn3cc(O)c(=O)c(C(=O)NCC4CC4)n3)CCCC2)c1. The van der Waals surface area contributed by atoms with Gasteiger partial charge >= 0.3 is 0 Å². The van der Waals surface area contributed by atoms with Crippen LogP contribution in [0, 0.1) is 12.8 Å². The molecule has 148 valence electrons. The standard InChI is InChI=1S/C22H27N3O3/c1-15-5-4-6-17(11-15)22(9-2-3-10-22)14-25-13-18(26)20(27)19(24-25)21(28)23-12-16-7-8-16/h4-6,11,13,16,26H,2-3,7-10,12,14H2,1H3,(H,23,28). The quantitative estimate of drug-likeness (QED) is 0.806. The van der Waals surface area contributed by atoms with Crippen molar-refractivity contribution in [2.75, 3.05) is 6.54 Å². The second-order valence-corrected chi connectivity index (χ2v) is 8.40. The van der Waals surface area contributed by atoms with Crippen LogP contribution in [0.5, 0.6) is 5.75 Å². The molecule has 4 rings (SSSR count). The molecule has 28 heavy (non-hydrogen) atoms. The number of nitrogens with zero attached hydrogens (tertiary/aromatic N) is 2. The number of rotatable bonds is 6. The first-order valence-electron chi connectivity index (χ1n) is 10.1. The molecule has 2 fully saturated rings. The zero-order chi connectivity index (χ0) is 19.7. The molecule has 0 aliphatic heterocycles. The van der Waals surface area contributed by atoms with Crippen molar-refractivity contribution in [2.45, 2.75) is 57.4 Å². The largest absolute Gasteiger partial charge is 0.503 e. The van der Waals surface area contributed by atoms with E-state index in [4.69, 9.17) is 0 Å². The number of carbonyl (C=O) groups is 1. The van der Waals surface area contributed by atoms with E-state index in [1.165, 1.54) is 17.3 Å². The average Bonchev–Trinajstić information content (AvgIpc) is 3.39. The topological polar surface area (TPSA) is 84.2 Å². The van der Waals surface area contributed by atoms with Crippen LogP contribution in [-0.4, -0.2) is 27.3 Å². The van der Waals surface area contributed by atoms with Gasteiger partial charge in [-0.15, -0.1) is 0 Å². The van der Waals surface area contributed by atoms with Crippen molar-refractivity contribution in [1.29, 1.82) is 0 Å². The lowest BCUT2D eigenvalue weighted by molar-refractivity contribution is 0.0941.